The van der Waals surface area contributed by atoms with Crippen molar-refractivity contribution in [3.05, 3.63) is 0 Å². The van der Waals surface area contributed by atoms with Gasteiger partial charge >= 0.3 is 0 Å². The van der Waals surface area contributed by atoms with Gasteiger partial charge in [-0.2, -0.15) is 0 Å². The van der Waals surface area contributed by atoms with Crippen LogP contribution in [0.5, 0.6) is 0 Å². The average Bonchev–Trinajstić information content (AvgIpc) is 2.24. The predicted octanol–water partition coefficient (Wildman–Crippen LogP) is 2.11. The van der Waals surface area contributed by atoms with E-state index in [1.54, 1.807) is 7.11 Å². The maximum Gasteiger partial charge on any atom is 0.0589 e. The van der Waals surface area contributed by atoms with Gasteiger partial charge in [0.05, 0.1) is 6.61 Å². The van der Waals surface area contributed by atoms with Gasteiger partial charge in [0, 0.05) is 26.2 Å². The molecule has 0 saturated heterocycles. The second-order valence-electron chi connectivity index (χ2n) is 5.32. The Kier molecular flexibility index (Phi) is 7.98. The summed E-state index contributed by atoms with van der Waals surface area (Å²) >= 11 is 0. The molecule has 0 aliphatic rings. The van der Waals surface area contributed by atoms with Gasteiger partial charge in [-0.3, -0.25) is 4.90 Å². The van der Waals surface area contributed by atoms with Crippen molar-refractivity contribution in [2.75, 3.05) is 33.4 Å². The lowest BCUT2D eigenvalue weighted by molar-refractivity contribution is 0.0891. The fourth-order valence-electron chi connectivity index (χ4n) is 2.07. The normalized spacial score (nSPS) is 15.8. The molecule has 0 fully saturated rings. The van der Waals surface area contributed by atoms with Crippen molar-refractivity contribution >= 4 is 0 Å². The van der Waals surface area contributed by atoms with Gasteiger partial charge in [-0.1, -0.05) is 20.3 Å². The summed E-state index contributed by atoms with van der Waals surface area (Å²) in [5.41, 5.74) is 6.16. The molecule has 0 heterocycles. The number of hydrogen-bond donors (Lipinski definition) is 1. The summed E-state index contributed by atoms with van der Waals surface area (Å²) in [5.74, 6) is 0. The summed E-state index contributed by atoms with van der Waals surface area (Å²) in [5, 5.41) is 0. The highest BCUT2D eigenvalue weighted by atomic mass is 16.5. The first-order valence-electron chi connectivity index (χ1n) is 6.42. The van der Waals surface area contributed by atoms with Crippen LogP contribution in [0.3, 0.4) is 0 Å². The van der Waals surface area contributed by atoms with E-state index >= 15 is 0 Å². The largest absolute Gasteiger partial charge is 0.383 e. The van der Waals surface area contributed by atoms with Crippen molar-refractivity contribution in [2.45, 2.75) is 46.6 Å². The van der Waals surface area contributed by atoms with Gasteiger partial charge in [-0.25, -0.2) is 0 Å². The zero-order chi connectivity index (χ0) is 12.6. The molecule has 98 valence electrons. The Morgan fingerprint density at radius 3 is 2.38 bits per heavy atom. The summed E-state index contributed by atoms with van der Waals surface area (Å²) < 4.78 is 5.16. The third-order valence-corrected chi connectivity index (χ3v) is 3.24. The average molecular weight is 230 g/mol. The predicted molar refractivity (Wildman–Crippen MR) is 70.7 cm³/mol. The minimum absolute atomic E-state index is 0.243. The first-order valence-corrected chi connectivity index (χ1v) is 6.42. The third kappa shape index (κ3) is 5.83. The minimum Gasteiger partial charge on any atom is -0.383 e. The molecule has 3 nitrogen and oxygen atoms in total. The standard InChI is InChI=1S/C13H30N2O/c1-6-7-13(4,10-14)11-15(12(2)3)8-9-16-5/h12H,6-11,14H2,1-5H3. The van der Waals surface area contributed by atoms with Crippen LogP contribution in [0.25, 0.3) is 0 Å². The molecule has 0 rings (SSSR count). The SMILES string of the molecule is CCCC(C)(CN)CN(CCOC)C(C)C. The van der Waals surface area contributed by atoms with E-state index in [2.05, 4.69) is 32.6 Å². The van der Waals surface area contributed by atoms with Crippen LogP contribution in [0.2, 0.25) is 0 Å². The van der Waals surface area contributed by atoms with Crippen LogP contribution < -0.4 is 5.73 Å². The van der Waals surface area contributed by atoms with Crippen molar-refractivity contribution in [3.63, 3.8) is 0 Å². The van der Waals surface area contributed by atoms with Crippen molar-refractivity contribution in [1.82, 2.24) is 4.90 Å². The Balaban J connectivity index is 4.33. The molecule has 0 aromatic heterocycles. The lowest BCUT2D eigenvalue weighted by atomic mass is 9.85. The molecule has 0 aliphatic heterocycles. The third-order valence-electron chi connectivity index (χ3n) is 3.24. The van der Waals surface area contributed by atoms with Crippen LogP contribution in [-0.4, -0.2) is 44.3 Å². The Morgan fingerprint density at radius 1 is 1.38 bits per heavy atom. The fourth-order valence-corrected chi connectivity index (χ4v) is 2.07. The smallest absolute Gasteiger partial charge is 0.0589 e. The van der Waals surface area contributed by atoms with Gasteiger partial charge in [-0.05, 0) is 32.2 Å². The molecule has 2 N–H and O–H groups in total. The molecule has 1 atom stereocenters. The van der Waals surface area contributed by atoms with Crippen LogP contribution in [0.4, 0.5) is 0 Å². The Hall–Kier alpha value is -0.120. The summed E-state index contributed by atoms with van der Waals surface area (Å²) in [6.45, 7) is 12.6. The van der Waals surface area contributed by atoms with E-state index in [-0.39, 0.29) is 5.41 Å². The second kappa shape index (κ2) is 8.04. The van der Waals surface area contributed by atoms with Gasteiger partial charge in [0.1, 0.15) is 0 Å². The zero-order valence-electron chi connectivity index (χ0n) is 11.8. The van der Waals surface area contributed by atoms with Crippen LogP contribution in [0.1, 0.15) is 40.5 Å². The molecule has 0 aromatic rings. The number of hydrogen-bond acceptors (Lipinski definition) is 3. The molecular formula is C13H30N2O. The molecule has 0 amide bonds. The molecule has 0 aliphatic carbocycles. The maximum absolute atomic E-state index is 5.91. The van der Waals surface area contributed by atoms with E-state index in [0.717, 1.165) is 26.2 Å². The second-order valence-corrected chi connectivity index (χ2v) is 5.32. The van der Waals surface area contributed by atoms with E-state index in [9.17, 15) is 0 Å². The van der Waals surface area contributed by atoms with Gasteiger partial charge in [0.15, 0.2) is 0 Å². The van der Waals surface area contributed by atoms with Crippen molar-refractivity contribution in [2.24, 2.45) is 11.1 Å². The zero-order valence-corrected chi connectivity index (χ0v) is 11.8. The highest BCUT2D eigenvalue weighted by molar-refractivity contribution is 4.80. The molecule has 0 radical (unpaired) electrons. The molecule has 0 bridgehead atoms. The summed E-state index contributed by atoms with van der Waals surface area (Å²) in [7, 11) is 1.76. The molecule has 0 spiro atoms. The minimum atomic E-state index is 0.243. The summed E-state index contributed by atoms with van der Waals surface area (Å²) in [6.07, 6.45) is 2.39. The number of ether oxygens (including phenoxy) is 1. The Labute approximate surface area is 101 Å². The van der Waals surface area contributed by atoms with Crippen LogP contribution in [-0.2, 0) is 4.74 Å². The van der Waals surface area contributed by atoms with Gasteiger partial charge < -0.3 is 10.5 Å². The molecule has 1 unspecified atom stereocenters. The van der Waals surface area contributed by atoms with E-state index in [0.29, 0.717) is 6.04 Å². The van der Waals surface area contributed by atoms with Crippen molar-refractivity contribution in [3.8, 4) is 0 Å². The summed E-state index contributed by atoms with van der Waals surface area (Å²) in [4.78, 5) is 2.46. The number of rotatable bonds is 9. The maximum atomic E-state index is 5.91. The highest BCUT2D eigenvalue weighted by Gasteiger charge is 2.25. The lowest BCUT2D eigenvalue weighted by Crippen LogP contribution is -2.44. The molecule has 0 saturated carbocycles. The van der Waals surface area contributed by atoms with Gasteiger partial charge in [0.25, 0.3) is 0 Å². The van der Waals surface area contributed by atoms with E-state index in [1.165, 1.54) is 12.8 Å². The number of nitrogens with zero attached hydrogens (tertiary/aromatic N) is 1. The molecule has 0 aromatic carbocycles. The van der Waals surface area contributed by atoms with E-state index < -0.39 is 0 Å². The Bertz CT molecular complexity index is 173. The van der Waals surface area contributed by atoms with Crippen LogP contribution in [0.15, 0.2) is 0 Å². The topological polar surface area (TPSA) is 38.5 Å². The molecule has 16 heavy (non-hydrogen) atoms. The van der Waals surface area contributed by atoms with Crippen molar-refractivity contribution in [1.29, 1.82) is 0 Å². The highest BCUT2D eigenvalue weighted by Crippen LogP contribution is 2.24. The van der Waals surface area contributed by atoms with E-state index in [1.807, 2.05) is 0 Å². The quantitative estimate of drug-likeness (QED) is 0.659. The van der Waals surface area contributed by atoms with E-state index in [4.69, 9.17) is 10.5 Å². The van der Waals surface area contributed by atoms with Crippen LogP contribution >= 0.6 is 0 Å². The fraction of sp³-hybridized carbons (Fsp3) is 1.00. The first kappa shape index (κ1) is 15.9. The molecule has 3 heteroatoms. The Morgan fingerprint density at radius 2 is 2.00 bits per heavy atom. The van der Waals surface area contributed by atoms with Crippen LogP contribution in [0, 0.1) is 5.41 Å². The lowest BCUT2D eigenvalue weighted by Gasteiger charge is -2.36. The number of nitrogens with two attached hydrogens (primary N) is 1. The summed E-state index contributed by atoms with van der Waals surface area (Å²) in [6, 6.07) is 0.554. The van der Waals surface area contributed by atoms with Gasteiger partial charge in [0.2, 0.25) is 0 Å². The molecular weight excluding hydrogens is 200 g/mol. The first-order chi connectivity index (χ1) is 7.49. The van der Waals surface area contributed by atoms with Gasteiger partial charge in [-0.15, -0.1) is 0 Å². The number of methoxy groups -OCH3 is 1. The monoisotopic (exact) mass is 230 g/mol. The van der Waals surface area contributed by atoms with Crippen molar-refractivity contribution < 1.29 is 4.74 Å².